The zero-order valence-electron chi connectivity index (χ0n) is 12.5. The molecule has 0 radical (unpaired) electrons. The Bertz CT molecular complexity index is 635. The lowest BCUT2D eigenvalue weighted by Crippen LogP contribution is -2.39. The molecule has 0 spiro atoms. The zero-order chi connectivity index (χ0) is 16.1. The maximum absolute atomic E-state index is 12.4. The van der Waals surface area contributed by atoms with Crippen LogP contribution in [0.25, 0.3) is 9.88 Å². The van der Waals surface area contributed by atoms with Gasteiger partial charge in [0.1, 0.15) is 5.01 Å². The molecule has 0 saturated carbocycles. The fourth-order valence-electron chi connectivity index (χ4n) is 2.05. The van der Waals surface area contributed by atoms with Crippen LogP contribution < -0.4 is 0 Å². The van der Waals surface area contributed by atoms with Crippen LogP contribution >= 0.6 is 22.7 Å². The van der Waals surface area contributed by atoms with Crippen LogP contribution in [0.4, 0.5) is 0 Å². The first-order chi connectivity index (χ1) is 10.5. The van der Waals surface area contributed by atoms with E-state index in [1.165, 1.54) is 11.3 Å². The number of aliphatic carboxylic acids is 1. The molecule has 0 fully saturated rings. The minimum absolute atomic E-state index is 0.0257. The highest BCUT2D eigenvalue weighted by atomic mass is 32.1. The van der Waals surface area contributed by atoms with Crippen LogP contribution in [-0.4, -0.2) is 39.5 Å². The smallest absolute Gasteiger partial charge is 0.305 e. The van der Waals surface area contributed by atoms with E-state index in [0.717, 1.165) is 15.6 Å². The van der Waals surface area contributed by atoms with Gasteiger partial charge >= 0.3 is 5.97 Å². The van der Waals surface area contributed by atoms with Gasteiger partial charge in [-0.2, -0.15) is 0 Å². The Morgan fingerprint density at radius 2 is 2.14 bits per heavy atom. The lowest BCUT2D eigenvalue weighted by Gasteiger charge is -2.25. The van der Waals surface area contributed by atoms with Crippen molar-refractivity contribution in [3.05, 3.63) is 28.6 Å². The van der Waals surface area contributed by atoms with Crippen LogP contribution in [0.1, 0.15) is 26.0 Å². The predicted molar refractivity (Wildman–Crippen MR) is 88.2 cm³/mol. The van der Waals surface area contributed by atoms with Crippen LogP contribution in [0.15, 0.2) is 22.9 Å². The number of hydrogen-bond donors (Lipinski definition) is 1. The Labute approximate surface area is 137 Å². The fraction of sp³-hybridized carbons (Fsp3) is 0.400. The molecular weight excluding hydrogens is 320 g/mol. The molecule has 22 heavy (non-hydrogen) atoms. The van der Waals surface area contributed by atoms with Gasteiger partial charge in [0, 0.05) is 18.0 Å². The standard InChI is InChI=1S/C15H18N2O3S2/c1-10(2)17(6-5-14(19)20)13(18)8-11-9-22-15(16-11)12-4-3-7-21-12/h3-4,7,9-10H,5-6,8H2,1-2H3,(H,19,20). The first-order valence-corrected chi connectivity index (χ1v) is 8.73. The average molecular weight is 338 g/mol. The molecule has 1 N–H and O–H groups in total. The molecule has 0 atom stereocenters. The topological polar surface area (TPSA) is 70.5 Å². The molecule has 0 aromatic carbocycles. The van der Waals surface area contributed by atoms with E-state index in [-0.39, 0.29) is 31.3 Å². The Morgan fingerprint density at radius 1 is 1.36 bits per heavy atom. The van der Waals surface area contributed by atoms with E-state index in [0.29, 0.717) is 0 Å². The van der Waals surface area contributed by atoms with E-state index < -0.39 is 5.97 Å². The second-order valence-corrected chi connectivity index (χ2v) is 6.93. The first-order valence-electron chi connectivity index (χ1n) is 6.97. The van der Waals surface area contributed by atoms with Gasteiger partial charge < -0.3 is 10.0 Å². The number of nitrogens with zero attached hydrogens (tertiary/aromatic N) is 2. The summed E-state index contributed by atoms with van der Waals surface area (Å²) in [6, 6.07) is 3.95. The number of hydrogen-bond acceptors (Lipinski definition) is 5. The fourth-order valence-corrected chi connectivity index (χ4v) is 3.68. The summed E-state index contributed by atoms with van der Waals surface area (Å²) >= 11 is 3.14. The predicted octanol–water partition coefficient (Wildman–Crippen LogP) is 3.13. The maximum atomic E-state index is 12.4. The highest BCUT2D eigenvalue weighted by Crippen LogP contribution is 2.28. The number of carboxylic acids is 1. The zero-order valence-corrected chi connectivity index (χ0v) is 14.1. The van der Waals surface area contributed by atoms with E-state index in [1.54, 1.807) is 16.2 Å². The summed E-state index contributed by atoms with van der Waals surface area (Å²) in [5.41, 5.74) is 0.736. The van der Waals surface area contributed by atoms with Crippen molar-refractivity contribution in [3.63, 3.8) is 0 Å². The summed E-state index contributed by atoms with van der Waals surface area (Å²) in [6.07, 6.45) is 0.168. The molecule has 7 heteroatoms. The van der Waals surface area contributed by atoms with Crippen LogP contribution in [0.2, 0.25) is 0 Å². The minimum atomic E-state index is -0.896. The molecular formula is C15H18N2O3S2. The minimum Gasteiger partial charge on any atom is -0.481 e. The van der Waals surface area contributed by atoms with E-state index in [4.69, 9.17) is 5.11 Å². The van der Waals surface area contributed by atoms with E-state index in [1.807, 2.05) is 36.7 Å². The lowest BCUT2D eigenvalue weighted by molar-refractivity contribution is -0.139. The molecule has 0 saturated heterocycles. The molecule has 0 aliphatic carbocycles. The lowest BCUT2D eigenvalue weighted by atomic mass is 10.2. The molecule has 0 aliphatic heterocycles. The quantitative estimate of drug-likeness (QED) is 0.842. The molecule has 0 bridgehead atoms. The summed E-state index contributed by atoms with van der Waals surface area (Å²) in [6.45, 7) is 4.00. The Balaban J connectivity index is 2.02. The molecule has 0 unspecified atom stereocenters. The Hall–Kier alpha value is -1.73. The van der Waals surface area contributed by atoms with E-state index in [2.05, 4.69) is 4.98 Å². The number of thiazole rings is 1. The van der Waals surface area contributed by atoms with Crippen LogP contribution in [-0.2, 0) is 16.0 Å². The van der Waals surface area contributed by atoms with Gasteiger partial charge in [0.2, 0.25) is 5.91 Å². The molecule has 2 rings (SSSR count). The van der Waals surface area contributed by atoms with E-state index in [9.17, 15) is 9.59 Å². The molecule has 1 amide bonds. The van der Waals surface area contributed by atoms with Gasteiger partial charge in [0.05, 0.1) is 23.4 Å². The van der Waals surface area contributed by atoms with Crippen LogP contribution in [0, 0.1) is 0 Å². The van der Waals surface area contributed by atoms with Crippen molar-refractivity contribution in [1.82, 2.24) is 9.88 Å². The molecule has 2 heterocycles. The largest absolute Gasteiger partial charge is 0.481 e. The van der Waals surface area contributed by atoms with Gasteiger partial charge in [-0.1, -0.05) is 6.07 Å². The molecule has 5 nitrogen and oxygen atoms in total. The third kappa shape index (κ3) is 4.38. The summed E-state index contributed by atoms with van der Waals surface area (Å²) in [7, 11) is 0. The third-order valence-electron chi connectivity index (χ3n) is 3.13. The second kappa shape index (κ2) is 7.51. The molecule has 118 valence electrons. The number of carbonyl (C=O) groups is 2. The van der Waals surface area contributed by atoms with Gasteiger partial charge in [-0.25, -0.2) is 4.98 Å². The van der Waals surface area contributed by atoms with Crippen molar-refractivity contribution in [3.8, 4) is 9.88 Å². The SMILES string of the molecule is CC(C)N(CCC(=O)O)C(=O)Cc1csc(-c2cccs2)n1. The van der Waals surface area contributed by atoms with Gasteiger partial charge in [-0.15, -0.1) is 22.7 Å². The van der Waals surface area contributed by atoms with Gasteiger partial charge in [0.25, 0.3) is 0 Å². The van der Waals surface area contributed by atoms with Crippen molar-refractivity contribution < 1.29 is 14.7 Å². The summed E-state index contributed by atoms with van der Waals surface area (Å²) in [4.78, 5) is 30.2. The van der Waals surface area contributed by atoms with Crippen LogP contribution in [0.5, 0.6) is 0 Å². The number of aromatic nitrogens is 1. The van der Waals surface area contributed by atoms with Crippen molar-refractivity contribution in [1.29, 1.82) is 0 Å². The maximum Gasteiger partial charge on any atom is 0.305 e. The number of carboxylic acid groups (broad SMARTS) is 1. The Morgan fingerprint density at radius 3 is 2.73 bits per heavy atom. The molecule has 2 aromatic heterocycles. The van der Waals surface area contributed by atoms with Crippen molar-refractivity contribution >= 4 is 34.6 Å². The van der Waals surface area contributed by atoms with Crippen LogP contribution in [0.3, 0.4) is 0 Å². The van der Waals surface area contributed by atoms with Crippen molar-refractivity contribution in [2.75, 3.05) is 6.54 Å². The van der Waals surface area contributed by atoms with Gasteiger partial charge in [-0.3, -0.25) is 9.59 Å². The molecule has 2 aromatic rings. The monoisotopic (exact) mass is 338 g/mol. The van der Waals surface area contributed by atoms with E-state index >= 15 is 0 Å². The normalized spacial score (nSPS) is 10.9. The average Bonchev–Trinajstić information content (AvgIpc) is 3.08. The number of thiophene rings is 1. The first kappa shape index (κ1) is 16.6. The number of amides is 1. The third-order valence-corrected chi connectivity index (χ3v) is 5.06. The summed E-state index contributed by atoms with van der Waals surface area (Å²) < 4.78 is 0. The summed E-state index contributed by atoms with van der Waals surface area (Å²) in [5, 5.41) is 13.6. The van der Waals surface area contributed by atoms with Gasteiger partial charge in [0.15, 0.2) is 0 Å². The van der Waals surface area contributed by atoms with Crippen molar-refractivity contribution in [2.45, 2.75) is 32.7 Å². The highest BCUT2D eigenvalue weighted by Gasteiger charge is 2.19. The Kier molecular flexibility index (Phi) is 5.68. The van der Waals surface area contributed by atoms with Gasteiger partial charge in [-0.05, 0) is 25.3 Å². The summed E-state index contributed by atoms with van der Waals surface area (Å²) in [5.74, 6) is -0.980. The van der Waals surface area contributed by atoms with Crippen molar-refractivity contribution in [2.24, 2.45) is 0 Å². The molecule has 0 aliphatic rings. The number of rotatable bonds is 7. The highest BCUT2D eigenvalue weighted by molar-refractivity contribution is 7.20. The second-order valence-electron chi connectivity index (χ2n) is 5.12. The number of carbonyl (C=O) groups excluding carboxylic acids is 1.